The largest absolute Gasteiger partial charge is 0.482 e. The molecule has 3 saturated heterocycles. The lowest BCUT2D eigenvalue weighted by Gasteiger charge is -2.56. The van der Waals surface area contributed by atoms with Crippen LogP contribution in [0.1, 0.15) is 115 Å². The van der Waals surface area contributed by atoms with E-state index in [0.29, 0.717) is 36.1 Å². The number of Topliss-reactive ketones (excluding diaryl/α,β-unsaturated/α-hetero) is 2. The molecule has 350 valence electrons. The molecule has 5 aliphatic heterocycles. The number of carbonyl (C=O) groups excluding carboxylic acids is 5. The Balaban J connectivity index is 1.30. The van der Waals surface area contributed by atoms with Crippen molar-refractivity contribution in [3.63, 3.8) is 0 Å². The van der Waals surface area contributed by atoms with Gasteiger partial charge in [-0.1, -0.05) is 35.5 Å². The molecule has 16 nitrogen and oxygen atoms in total. The second kappa shape index (κ2) is 16.7. The Morgan fingerprint density at radius 1 is 0.954 bits per heavy atom. The molecule has 0 radical (unpaired) electrons. The normalized spacial score (nSPS) is 35.1. The number of imide groups is 1. The number of piperidine rings is 1. The van der Waals surface area contributed by atoms with Crippen LogP contribution in [0, 0.1) is 11.8 Å². The van der Waals surface area contributed by atoms with Crippen molar-refractivity contribution in [2.24, 2.45) is 11.8 Å². The first-order chi connectivity index (χ1) is 30.6. The molecule has 0 aromatic heterocycles. The van der Waals surface area contributed by atoms with E-state index in [1.54, 1.807) is 25.2 Å². The smallest absolute Gasteiger partial charge is 0.249 e. The Hall–Kier alpha value is -4.97. The molecule has 4 bridgehead atoms. The Kier molecular flexibility index (Phi) is 12.0. The number of benzene rings is 1. The molecule has 1 saturated carbocycles. The van der Waals surface area contributed by atoms with E-state index in [1.807, 2.05) is 60.6 Å². The highest BCUT2D eigenvalue weighted by atomic mass is 16.7. The molecule has 16 heteroatoms. The monoisotopic (exact) mass is 900 g/mol. The van der Waals surface area contributed by atoms with Crippen LogP contribution in [-0.4, -0.2) is 115 Å². The van der Waals surface area contributed by atoms with E-state index < -0.39 is 101 Å². The first kappa shape index (κ1) is 46.6. The molecular weight excluding hydrogens is 841 g/mol. The zero-order valence-electron chi connectivity index (χ0n) is 38.1. The number of fused-ring (bicyclic) bond motifs is 2. The number of rotatable bonds is 12. The van der Waals surface area contributed by atoms with Crippen LogP contribution >= 0.6 is 0 Å². The van der Waals surface area contributed by atoms with E-state index in [9.17, 15) is 39.6 Å². The number of aliphatic hydroxyl groups is 4. The van der Waals surface area contributed by atoms with Crippen molar-refractivity contribution in [3.8, 4) is 17.2 Å². The minimum absolute atomic E-state index is 0.0427. The quantitative estimate of drug-likeness (QED) is 0.100. The molecule has 6 N–H and O–H groups in total. The Morgan fingerprint density at radius 3 is 2.35 bits per heavy atom. The van der Waals surface area contributed by atoms with Crippen molar-refractivity contribution >= 4 is 35.4 Å². The van der Waals surface area contributed by atoms with E-state index >= 15 is 4.79 Å². The Bertz CT molecular complexity index is 2380. The summed E-state index contributed by atoms with van der Waals surface area (Å²) in [7, 11) is 0. The highest BCUT2D eigenvalue weighted by molar-refractivity contribution is 6.19. The molecule has 1 aromatic carbocycles. The number of nitrogens with one attached hydrogen (secondary N) is 2. The van der Waals surface area contributed by atoms with Crippen molar-refractivity contribution in [2.75, 3.05) is 6.61 Å². The van der Waals surface area contributed by atoms with Crippen LogP contribution in [0.2, 0.25) is 0 Å². The first-order valence-corrected chi connectivity index (χ1v) is 22.4. The molecular formula is C49H60N2O14. The highest BCUT2D eigenvalue weighted by Gasteiger charge is 2.81. The SMILES string of the molecule is CC(C)=CCCC1(C)C=Cc2c(c(CC=C(C)C)c3c(c2O[C@@H]2O[C@H](CO)[C@@H](O)[C@@H](O)[C@H]2O)C(=O)C2=CC4CC5C(C)(C)OC(C/C=C(/C)C(=O)NC6CCC(=O)NC6=O)(C4=O)C25O3)O1. The molecule has 3 aliphatic carbocycles. The molecule has 1 spiro atoms. The van der Waals surface area contributed by atoms with Crippen molar-refractivity contribution in [1.82, 2.24) is 10.6 Å². The van der Waals surface area contributed by atoms with Gasteiger partial charge in [0, 0.05) is 41.4 Å². The number of allylic oxidation sites excluding steroid dienone is 5. The minimum Gasteiger partial charge on any atom is -0.482 e. The fourth-order valence-corrected chi connectivity index (χ4v) is 10.7. The van der Waals surface area contributed by atoms with Crippen molar-refractivity contribution < 1.29 is 68.1 Å². The number of ether oxygens (including phenoxy) is 5. The van der Waals surface area contributed by atoms with Gasteiger partial charge in [0.2, 0.25) is 24.0 Å². The van der Waals surface area contributed by atoms with E-state index in [0.717, 1.165) is 11.1 Å². The summed E-state index contributed by atoms with van der Waals surface area (Å²) in [6, 6.07) is -0.931. The van der Waals surface area contributed by atoms with E-state index in [1.165, 1.54) is 0 Å². The lowest BCUT2D eigenvalue weighted by atomic mass is 9.51. The molecule has 8 aliphatic rings. The molecule has 4 fully saturated rings. The van der Waals surface area contributed by atoms with Gasteiger partial charge in [0.25, 0.3) is 0 Å². The molecule has 9 rings (SSSR count). The Labute approximate surface area is 377 Å². The average molecular weight is 901 g/mol. The second-order valence-corrected chi connectivity index (χ2v) is 19.7. The van der Waals surface area contributed by atoms with Gasteiger partial charge in [-0.05, 0) is 99.6 Å². The summed E-state index contributed by atoms with van der Waals surface area (Å²) in [5, 5.41) is 47.7. The standard InChI is InChI=1S/C49H60N2O14/c1-23(2)10-9-17-47(8)18-16-28-39(63-47)27(12-11-24(3)4)41-34(40(28)62-45-38(57)37(56)36(55)31(22-52)61-45)35(54)29-20-26-21-32-46(6,7)65-48(42(26)58,49(29,32)64-41)19-15-25(5)43(59)50-30-13-14-33(53)51-44(30)60/h10-11,15-16,18,20,26,30-32,36-38,45,52,55-57H,9,12-14,17,19,21-22H2,1-8H3,(H,50,59)(H,51,53,60)/b25-15-/t26?,30?,31-,32?,36-,37-,38-,45+,47?,48?,49?/m1/s1. The van der Waals surface area contributed by atoms with Gasteiger partial charge in [-0.3, -0.25) is 29.3 Å². The first-order valence-electron chi connectivity index (χ1n) is 22.4. The van der Waals surface area contributed by atoms with Gasteiger partial charge in [-0.25, -0.2) is 0 Å². The maximum absolute atomic E-state index is 15.8. The maximum atomic E-state index is 15.8. The summed E-state index contributed by atoms with van der Waals surface area (Å²) in [5.41, 5.74) is -2.24. The van der Waals surface area contributed by atoms with Crippen LogP contribution in [0.15, 0.2) is 52.7 Å². The average Bonchev–Trinajstić information content (AvgIpc) is 3.39. The van der Waals surface area contributed by atoms with Crippen LogP contribution in [0.25, 0.3) is 6.08 Å². The Morgan fingerprint density at radius 2 is 1.68 bits per heavy atom. The molecule has 3 amide bonds. The minimum atomic E-state index is -1.82. The third-order valence-corrected chi connectivity index (χ3v) is 14.1. The zero-order valence-corrected chi connectivity index (χ0v) is 38.1. The van der Waals surface area contributed by atoms with Crippen LogP contribution in [0.5, 0.6) is 17.2 Å². The fourth-order valence-electron chi connectivity index (χ4n) is 10.7. The van der Waals surface area contributed by atoms with Crippen LogP contribution in [-0.2, 0) is 35.1 Å². The van der Waals surface area contributed by atoms with Gasteiger partial charge in [0.1, 0.15) is 58.9 Å². The van der Waals surface area contributed by atoms with E-state index in [4.69, 9.17) is 23.7 Å². The zero-order chi connectivity index (χ0) is 47.1. The van der Waals surface area contributed by atoms with E-state index in [-0.39, 0.29) is 59.7 Å². The van der Waals surface area contributed by atoms with Crippen molar-refractivity contribution in [1.29, 1.82) is 0 Å². The van der Waals surface area contributed by atoms with Gasteiger partial charge in [-0.15, -0.1) is 0 Å². The van der Waals surface area contributed by atoms with Crippen molar-refractivity contribution in [3.05, 3.63) is 69.4 Å². The number of ketones is 2. The summed E-state index contributed by atoms with van der Waals surface area (Å²) >= 11 is 0. The van der Waals surface area contributed by atoms with Gasteiger partial charge in [0.15, 0.2) is 22.8 Å². The van der Waals surface area contributed by atoms with Gasteiger partial charge < -0.3 is 49.4 Å². The molecule has 65 heavy (non-hydrogen) atoms. The second-order valence-electron chi connectivity index (χ2n) is 19.7. The molecule has 6 unspecified atom stereocenters. The number of carbonyl (C=O) groups is 5. The van der Waals surface area contributed by atoms with Gasteiger partial charge in [-0.2, -0.15) is 0 Å². The fraction of sp³-hybridized carbons (Fsp3) is 0.571. The lowest BCUT2D eigenvalue weighted by Crippen LogP contribution is -2.72. The van der Waals surface area contributed by atoms with Crippen LogP contribution in [0.3, 0.4) is 0 Å². The summed E-state index contributed by atoms with van der Waals surface area (Å²) in [6.45, 7) is 14.4. The number of hydrogen-bond donors (Lipinski definition) is 6. The third-order valence-electron chi connectivity index (χ3n) is 14.1. The third kappa shape index (κ3) is 7.59. The maximum Gasteiger partial charge on any atom is 0.249 e. The molecule has 5 heterocycles. The summed E-state index contributed by atoms with van der Waals surface area (Å²) in [4.78, 5) is 68.6. The predicted molar refractivity (Wildman–Crippen MR) is 234 cm³/mol. The topological polar surface area (TPSA) is 236 Å². The van der Waals surface area contributed by atoms with Crippen LogP contribution < -0.4 is 24.8 Å². The molecule has 11 atom stereocenters. The highest BCUT2D eigenvalue weighted by Crippen LogP contribution is 2.69. The predicted octanol–water partition coefficient (Wildman–Crippen LogP) is 3.55. The lowest BCUT2D eigenvalue weighted by molar-refractivity contribution is -0.277. The van der Waals surface area contributed by atoms with E-state index in [2.05, 4.69) is 16.7 Å². The summed E-state index contributed by atoms with van der Waals surface area (Å²) in [5.74, 6) is -3.52. The van der Waals surface area contributed by atoms with Crippen LogP contribution in [0.4, 0.5) is 0 Å². The number of amides is 3. The summed E-state index contributed by atoms with van der Waals surface area (Å²) in [6.07, 6.45) is 4.46. The van der Waals surface area contributed by atoms with Crippen molar-refractivity contribution in [2.45, 2.75) is 159 Å². The van der Waals surface area contributed by atoms with Gasteiger partial charge in [0.05, 0.1) is 17.8 Å². The summed E-state index contributed by atoms with van der Waals surface area (Å²) < 4.78 is 33.7. The molecule has 1 aromatic rings. The van der Waals surface area contributed by atoms with Gasteiger partial charge >= 0.3 is 0 Å². The number of aliphatic hydroxyl groups excluding tert-OH is 4. The number of hydrogen-bond acceptors (Lipinski definition) is 14.